The van der Waals surface area contributed by atoms with Crippen LogP contribution in [0.1, 0.15) is 5.56 Å². The molecule has 7 nitrogen and oxygen atoms in total. The van der Waals surface area contributed by atoms with Gasteiger partial charge in [-0.3, -0.25) is 9.89 Å². The van der Waals surface area contributed by atoms with E-state index in [1.165, 1.54) is 29.2 Å². The molecule has 4 rings (SSSR count). The summed E-state index contributed by atoms with van der Waals surface area (Å²) in [5.41, 5.74) is 0.444. The summed E-state index contributed by atoms with van der Waals surface area (Å²) >= 11 is 0. The molecule has 0 saturated carbocycles. The zero-order valence-corrected chi connectivity index (χ0v) is 12.2. The fraction of sp³-hybridized carbons (Fsp3) is 0.0625. The third-order valence-electron chi connectivity index (χ3n) is 3.91. The van der Waals surface area contributed by atoms with Crippen molar-refractivity contribution in [3.05, 3.63) is 58.5 Å². The molecule has 8 heteroatoms. The number of aromatic nitrogens is 4. The summed E-state index contributed by atoms with van der Waals surface area (Å²) in [6.07, 6.45) is 2.61. The second-order valence-corrected chi connectivity index (χ2v) is 5.38. The number of nitrogens with one attached hydrogen (secondary N) is 1. The van der Waals surface area contributed by atoms with Crippen molar-refractivity contribution < 1.29 is 14.6 Å². The van der Waals surface area contributed by atoms with Gasteiger partial charge < -0.3 is 14.8 Å². The largest absolute Gasteiger partial charge is 0.505 e. The molecule has 0 aliphatic carbocycles. The third-order valence-corrected chi connectivity index (χ3v) is 3.91. The standard InChI is InChI=1S/C16H11FN4O3/c17-9-3-1-8(2-4-9)5-21-6-10-11(16(21)24)15(23)12-13(14(10)22)20-19-7-18-12/h1-4,6-7,20,22-23H,5H2. The minimum absolute atomic E-state index is 0.0192. The zero-order chi connectivity index (χ0) is 16.8. The molecule has 0 aliphatic heterocycles. The molecule has 0 atom stereocenters. The molecule has 24 heavy (non-hydrogen) atoms. The van der Waals surface area contributed by atoms with Crippen LogP contribution >= 0.6 is 0 Å². The minimum atomic E-state index is -0.470. The molecule has 4 aromatic rings. The first-order valence-corrected chi connectivity index (χ1v) is 7.07. The lowest BCUT2D eigenvalue weighted by Gasteiger charge is -2.03. The van der Waals surface area contributed by atoms with Crippen molar-refractivity contribution in [2.45, 2.75) is 6.54 Å². The van der Waals surface area contributed by atoms with Crippen molar-refractivity contribution in [3.8, 4) is 11.5 Å². The number of rotatable bonds is 2. The Bertz CT molecular complexity index is 1130. The molecule has 0 amide bonds. The van der Waals surface area contributed by atoms with Crippen LogP contribution in [0.3, 0.4) is 0 Å². The summed E-state index contributed by atoms with van der Waals surface area (Å²) in [4.78, 5) is 16.5. The molecule has 0 radical (unpaired) electrons. The van der Waals surface area contributed by atoms with Crippen molar-refractivity contribution in [1.82, 2.24) is 19.7 Å². The van der Waals surface area contributed by atoms with E-state index < -0.39 is 5.56 Å². The smallest absolute Gasteiger partial charge is 0.262 e. The highest BCUT2D eigenvalue weighted by Crippen LogP contribution is 2.37. The highest BCUT2D eigenvalue weighted by atomic mass is 19.1. The molecule has 2 aromatic heterocycles. The normalized spacial score (nSPS) is 11.4. The van der Waals surface area contributed by atoms with E-state index in [9.17, 15) is 19.4 Å². The molecule has 2 aromatic carbocycles. The second kappa shape index (κ2) is 5.05. The van der Waals surface area contributed by atoms with Crippen LogP contribution in [-0.2, 0) is 6.54 Å². The maximum Gasteiger partial charge on any atom is 0.262 e. The molecule has 0 fully saturated rings. The van der Waals surface area contributed by atoms with E-state index in [1.54, 1.807) is 12.1 Å². The van der Waals surface area contributed by atoms with E-state index in [0.717, 1.165) is 0 Å². The number of H-pyrrole nitrogens is 1. The van der Waals surface area contributed by atoms with Gasteiger partial charge in [-0.15, -0.1) is 0 Å². The average Bonchev–Trinajstić information content (AvgIpc) is 2.92. The zero-order valence-electron chi connectivity index (χ0n) is 12.2. The number of nitrogens with zero attached hydrogens (tertiary/aromatic N) is 3. The van der Waals surface area contributed by atoms with Crippen LogP contribution in [0.15, 0.2) is 41.6 Å². The number of hydrogen-bond donors (Lipinski definition) is 3. The van der Waals surface area contributed by atoms with Gasteiger partial charge in [-0.05, 0) is 17.7 Å². The lowest BCUT2D eigenvalue weighted by molar-refractivity contribution is 0.476. The number of aromatic amines is 1. The SMILES string of the molecule is O=c1c2c(O)c3ncn[nH]c3c(O)c2cn1Cc1ccc(F)cc1. The fourth-order valence-electron chi connectivity index (χ4n) is 2.75. The first-order valence-electron chi connectivity index (χ1n) is 7.07. The summed E-state index contributed by atoms with van der Waals surface area (Å²) in [5.74, 6) is -0.901. The van der Waals surface area contributed by atoms with Crippen molar-refractivity contribution in [1.29, 1.82) is 0 Å². The van der Waals surface area contributed by atoms with Crippen LogP contribution in [0.2, 0.25) is 0 Å². The topological polar surface area (TPSA) is 104 Å². The van der Waals surface area contributed by atoms with Crippen LogP contribution in [0.4, 0.5) is 4.39 Å². The second-order valence-electron chi connectivity index (χ2n) is 5.38. The molecule has 0 unspecified atom stereocenters. The fourth-order valence-corrected chi connectivity index (χ4v) is 2.75. The van der Waals surface area contributed by atoms with Gasteiger partial charge >= 0.3 is 0 Å². The Morgan fingerprint density at radius 3 is 2.67 bits per heavy atom. The molecule has 3 N–H and O–H groups in total. The van der Waals surface area contributed by atoms with Gasteiger partial charge in [-0.2, -0.15) is 5.10 Å². The van der Waals surface area contributed by atoms with Crippen molar-refractivity contribution in [2.75, 3.05) is 0 Å². The van der Waals surface area contributed by atoms with E-state index in [0.29, 0.717) is 5.56 Å². The summed E-state index contributed by atoms with van der Waals surface area (Å²) in [5, 5.41) is 27.1. The number of hydrogen-bond acceptors (Lipinski definition) is 5. The van der Waals surface area contributed by atoms with E-state index in [1.807, 2.05) is 0 Å². The third kappa shape index (κ3) is 2.00. The molecule has 0 saturated heterocycles. The van der Waals surface area contributed by atoms with E-state index in [4.69, 9.17) is 0 Å². The quantitative estimate of drug-likeness (QED) is 0.488. The molecular formula is C16H11FN4O3. The molecule has 0 aliphatic rings. The maximum absolute atomic E-state index is 13.0. The van der Waals surface area contributed by atoms with Gasteiger partial charge in [0.05, 0.1) is 17.3 Å². The number of halogens is 1. The van der Waals surface area contributed by atoms with Crippen LogP contribution in [0, 0.1) is 5.82 Å². The van der Waals surface area contributed by atoms with Crippen molar-refractivity contribution >= 4 is 21.8 Å². The lowest BCUT2D eigenvalue weighted by Crippen LogP contribution is -2.15. The van der Waals surface area contributed by atoms with Crippen molar-refractivity contribution in [2.24, 2.45) is 0 Å². The van der Waals surface area contributed by atoms with E-state index in [2.05, 4.69) is 15.2 Å². The lowest BCUT2D eigenvalue weighted by atomic mass is 10.1. The first kappa shape index (κ1) is 14.2. The number of phenolic OH excluding ortho intramolecular Hbond substituents is 2. The highest BCUT2D eigenvalue weighted by Gasteiger charge is 2.20. The molecule has 120 valence electrons. The number of aromatic hydroxyl groups is 2. The van der Waals surface area contributed by atoms with Gasteiger partial charge in [0.25, 0.3) is 5.56 Å². The van der Waals surface area contributed by atoms with Gasteiger partial charge in [0.15, 0.2) is 11.5 Å². The Balaban J connectivity index is 1.96. The van der Waals surface area contributed by atoms with Crippen LogP contribution in [0.25, 0.3) is 21.8 Å². The Morgan fingerprint density at radius 1 is 1.17 bits per heavy atom. The van der Waals surface area contributed by atoms with Crippen LogP contribution in [-0.4, -0.2) is 30.0 Å². The van der Waals surface area contributed by atoms with Gasteiger partial charge in [0.2, 0.25) is 0 Å². The minimum Gasteiger partial charge on any atom is -0.505 e. The molecule has 2 heterocycles. The highest BCUT2D eigenvalue weighted by molar-refractivity contribution is 6.07. The summed E-state index contributed by atoms with van der Waals surface area (Å²) in [6.45, 7) is 0.179. The molecule has 0 spiro atoms. The van der Waals surface area contributed by atoms with Crippen LogP contribution in [0.5, 0.6) is 11.5 Å². The predicted octanol–water partition coefficient (Wildman–Crippen LogP) is 1.87. The average molecular weight is 326 g/mol. The van der Waals surface area contributed by atoms with Gasteiger partial charge in [-0.25, -0.2) is 9.37 Å². The van der Waals surface area contributed by atoms with Crippen LogP contribution < -0.4 is 5.56 Å². The van der Waals surface area contributed by atoms with Gasteiger partial charge in [0.1, 0.15) is 23.2 Å². The van der Waals surface area contributed by atoms with Gasteiger partial charge in [-0.1, -0.05) is 12.1 Å². The Kier molecular flexibility index (Phi) is 2.99. The first-order chi connectivity index (χ1) is 11.6. The molecular weight excluding hydrogens is 315 g/mol. The Labute approximate surface area is 133 Å². The molecule has 0 bridgehead atoms. The summed E-state index contributed by atoms with van der Waals surface area (Å²) in [6, 6.07) is 5.73. The van der Waals surface area contributed by atoms with E-state index >= 15 is 0 Å². The maximum atomic E-state index is 13.0. The number of fused-ring (bicyclic) bond motifs is 2. The summed E-state index contributed by atoms with van der Waals surface area (Å²) < 4.78 is 14.3. The van der Waals surface area contributed by atoms with E-state index in [-0.39, 0.29) is 45.7 Å². The van der Waals surface area contributed by atoms with Gasteiger partial charge in [0, 0.05) is 6.20 Å². The Morgan fingerprint density at radius 2 is 1.92 bits per heavy atom. The number of phenols is 2. The monoisotopic (exact) mass is 326 g/mol. The summed E-state index contributed by atoms with van der Waals surface area (Å²) in [7, 11) is 0. The Hall–Kier alpha value is -3.42. The van der Waals surface area contributed by atoms with Crippen molar-refractivity contribution in [3.63, 3.8) is 0 Å². The predicted molar refractivity (Wildman–Crippen MR) is 84.5 cm³/mol. The number of benzene rings is 2.